The molecule has 0 bridgehead atoms. The highest BCUT2D eigenvalue weighted by Gasteiger charge is 2.33. The van der Waals surface area contributed by atoms with Gasteiger partial charge in [-0.15, -0.1) is 0 Å². The number of hydrogen-bond donors (Lipinski definition) is 1. The standard InChI is InChI=1S/C15H18N6OS/c1-21-13-11(7-19-21)14(18-10-17-13)23-8-12(22)20-15(9-16)5-3-2-4-6-15/h7,10H,2-6,8H2,1H3,(H,20,22). The second-order valence-corrected chi connectivity index (χ2v) is 6.74. The van der Waals surface area contributed by atoms with Crippen molar-refractivity contribution in [2.75, 3.05) is 5.75 Å². The fourth-order valence-electron chi connectivity index (χ4n) is 2.91. The lowest BCUT2D eigenvalue weighted by Gasteiger charge is -2.31. The van der Waals surface area contributed by atoms with Crippen LogP contribution < -0.4 is 5.32 Å². The van der Waals surface area contributed by atoms with Crippen LogP contribution in [0.4, 0.5) is 0 Å². The summed E-state index contributed by atoms with van der Waals surface area (Å²) in [6.45, 7) is 0. The number of aryl methyl sites for hydroxylation is 1. The summed E-state index contributed by atoms with van der Waals surface area (Å²) in [5, 5.41) is 18.1. The number of rotatable bonds is 4. The number of nitrogens with zero attached hydrogens (tertiary/aromatic N) is 5. The van der Waals surface area contributed by atoms with E-state index < -0.39 is 5.54 Å². The Bertz CT molecular complexity index is 759. The highest BCUT2D eigenvalue weighted by atomic mass is 32.2. The molecule has 1 saturated carbocycles. The van der Waals surface area contributed by atoms with Gasteiger partial charge in [0.1, 0.15) is 16.9 Å². The lowest BCUT2D eigenvalue weighted by molar-refractivity contribution is -0.120. The number of fused-ring (bicyclic) bond motifs is 1. The Hall–Kier alpha value is -2.14. The molecule has 23 heavy (non-hydrogen) atoms. The highest BCUT2D eigenvalue weighted by Crippen LogP contribution is 2.28. The summed E-state index contributed by atoms with van der Waals surface area (Å²) in [6, 6.07) is 2.30. The number of aromatic nitrogens is 4. The number of carbonyl (C=O) groups excluding carboxylic acids is 1. The zero-order valence-electron chi connectivity index (χ0n) is 12.9. The van der Waals surface area contributed by atoms with Crippen molar-refractivity contribution in [3.05, 3.63) is 12.5 Å². The van der Waals surface area contributed by atoms with Gasteiger partial charge in [-0.1, -0.05) is 31.0 Å². The summed E-state index contributed by atoms with van der Waals surface area (Å²) >= 11 is 1.34. The van der Waals surface area contributed by atoms with Gasteiger partial charge in [0.2, 0.25) is 5.91 Å². The van der Waals surface area contributed by atoms with Gasteiger partial charge in [0.25, 0.3) is 0 Å². The van der Waals surface area contributed by atoms with E-state index >= 15 is 0 Å². The molecule has 0 saturated heterocycles. The van der Waals surface area contributed by atoms with E-state index in [1.807, 2.05) is 7.05 Å². The van der Waals surface area contributed by atoms with Crippen molar-refractivity contribution >= 4 is 28.7 Å². The Kier molecular flexibility index (Phi) is 4.48. The summed E-state index contributed by atoms with van der Waals surface area (Å²) in [7, 11) is 1.82. The van der Waals surface area contributed by atoms with Crippen molar-refractivity contribution in [2.24, 2.45) is 7.05 Å². The third-order valence-electron chi connectivity index (χ3n) is 4.13. The van der Waals surface area contributed by atoms with Crippen molar-refractivity contribution in [1.82, 2.24) is 25.1 Å². The van der Waals surface area contributed by atoms with E-state index in [0.29, 0.717) is 0 Å². The van der Waals surface area contributed by atoms with Crippen molar-refractivity contribution in [3.63, 3.8) is 0 Å². The first-order chi connectivity index (χ1) is 11.1. The summed E-state index contributed by atoms with van der Waals surface area (Å²) in [5.74, 6) is 0.0962. The van der Waals surface area contributed by atoms with Crippen LogP contribution in [0.1, 0.15) is 32.1 Å². The maximum Gasteiger partial charge on any atom is 0.231 e. The normalized spacial score (nSPS) is 16.9. The Labute approximate surface area is 138 Å². The van der Waals surface area contributed by atoms with Crippen molar-refractivity contribution < 1.29 is 4.79 Å². The molecule has 2 heterocycles. The number of hydrogen-bond acceptors (Lipinski definition) is 6. The van der Waals surface area contributed by atoms with E-state index in [0.717, 1.165) is 48.2 Å². The molecule has 8 heteroatoms. The Morgan fingerprint density at radius 1 is 1.43 bits per heavy atom. The van der Waals surface area contributed by atoms with Crippen LogP contribution in [0.3, 0.4) is 0 Å². The third kappa shape index (κ3) is 3.29. The number of nitrogens with one attached hydrogen (secondary N) is 1. The molecule has 1 amide bonds. The van der Waals surface area contributed by atoms with Crippen molar-refractivity contribution in [1.29, 1.82) is 5.26 Å². The molecule has 2 aromatic rings. The van der Waals surface area contributed by atoms with Gasteiger partial charge in [0.05, 0.1) is 23.4 Å². The molecule has 0 spiro atoms. The average Bonchev–Trinajstić information content (AvgIpc) is 2.96. The molecule has 7 nitrogen and oxygen atoms in total. The molecular weight excluding hydrogens is 312 g/mol. The lowest BCUT2D eigenvalue weighted by atomic mass is 9.83. The zero-order valence-corrected chi connectivity index (χ0v) is 13.8. The first-order valence-corrected chi connectivity index (χ1v) is 8.60. The molecule has 1 fully saturated rings. The molecule has 3 rings (SSSR count). The first-order valence-electron chi connectivity index (χ1n) is 7.61. The maximum absolute atomic E-state index is 12.2. The molecule has 0 unspecified atom stereocenters. The topological polar surface area (TPSA) is 96.5 Å². The van der Waals surface area contributed by atoms with E-state index in [2.05, 4.69) is 26.5 Å². The minimum Gasteiger partial charge on any atom is -0.337 e. The second kappa shape index (κ2) is 6.54. The molecule has 0 aromatic carbocycles. The fraction of sp³-hybridized carbons (Fsp3) is 0.533. The Morgan fingerprint density at radius 3 is 2.96 bits per heavy atom. The highest BCUT2D eigenvalue weighted by molar-refractivity contribution is 8.00. The smallest absolute Gasteiger partial charge is 0.231 e. The molecular formula is C15H18N6OS. The molecule has 1 N–H and O–H groups in total. The van der Waals surface area contributed by atoms with Gasteiger partial charge in [0, 0.05) is 7.05 Å². The quantitative estimate of drug-likeness (QED) is 0.678. The van der Waals surface area contributed by atoms with Gasteiger partial charge in [-0.05, 0) is 12.8 Å². The van der Waals surface area contributed by atoms with Crippen LogP contribution in [0.25, 0.3) is 11.0 Å². The SMILES string of the molecule is Cn1ncc2c(SCC(=O)NC3(C#N)CCCCC3)ncnc21. The predicted octanol–water partition coefficient (Wildman–Crippen LogP) is 1.80. The van der Waals surface area contributed by atoms with Crippen LogP contribution in [0.15, 0.2) is 17.6 Å². The van der Waals surface area contributed by atoms with Gasteiger partial charge in [-0.2, -0.15) is 10.4 Å². The van der Waals surface area contributed by atoms with E-state index in [4.69, 9.17) is 0 Å². The second-order valence-electron chi connectivity index (χ2n) is 5.78. The minimum absolute atomic E-state index is 0.130. The summed E-state index contributed by atoms with van der Waals surface area (Å²) in [4.78, 5) is 20.7. The third-order valence-corrected chi connectivity index (χ3v) is 5.14. The number of nitriles is 1. The molecule has 0 atom stereocenters. The Morgan fingerprint density at radius 2 is 2.22 bits per heavy atom. The number of carbonyl (C=O) groups is 1. The van der Waals surface area contributed by atoms with E-state index in [9.17, 15) is 10.1 Å². The number of amides is 1. The fourth-order valence-corrected chi connectivity index (χ4v) is 3.67. The van der Waals surface area contributed by atoms with Gasteiger partial charge in [-0.3, -0.25) is 9.48 Å². The van der Waals surface area contributed by atoms with Crippen LogP contribution in [0.2, 0.25) is 0 Å². The van der Waals surface area contributed by atoms with Gasteiger partial charge < -0.3 is 5.32 Å². The molecule has 1 aliphatic carbocycles. The molecule has 1 aliphatic rings. The van der Waals surface area contributed by atoms with Crippen molar-refractivity contribution in [3.8, 4) is 6.07 Å². The van der Waals surface area contributed by atoms with Crippen LogP contribution in [-0.2, 0) is 11.8 Å². The van der Waals surface area contributed by atoms with Gasteiger partial charge >= 0.3 is 0 Å². The molecule has 0 aliphatic heterocycles. The van der Waals surface area contributed by atoms with Crippen LogP contribution in [0, 0.1) is 11.3 Å². The number of thioether (sulfide) groups is 1. The molecule has 120 valence electrons. The summed E-state index contributed by atoms with van der Waals surface area (Å²) in [6.07, 6.45) is 7.76. The first kappa shape index (κ1) is 15.7. The zero-order chi connectivity index (χ0) is 16.3. The van der Waals surface area contributed by atoms with Gasteiger partial charge in [0.15, 0.2) is 5.65 Å². The summed E-state index contributed by atoms with van der Waals surface area (Å²) < 4.78 is 1.67. The predicted molar refractivity (Wildman–Crippen MR) is 86.6 cm³/mol. The molecule has 0 radical (unpaired) electrons. The lowest BCUT2D eigenvalue weighted by Crippen LogP contribution is -2.49. The van der Waals surface area contributed by atoms with Crippen LogP contribution >= 0.6 is 11.8 Å². The molecule has 2 aromatic heterocycles. The van der Waals surface area contributed by atoms with E-state index in [-0.39, 0.29) is 11.7 Å². The average molecular weight is 330 g/mol. The largest absolute Gasteiger partial charge is 0.337 e. The minimum atomic E-state index is -0.689. The Balaban J connectivity index is 1.65. The summed E-state index contributed by atoms with van der Waals surface area (Å²) in [5.41, 5.74) is 0.0502. The van der Waals surface area contributed by atoms with E-state index in [1.165, 1.54) is 18.1 Å². The van der Waals surface area contributed by atoms with Crippen LogP contribution in [0.5, 0.6) is 0 Å². The maximum atomic E-state index is 12.2. The van der Waals surface area contributed by atoms with E-state index in [1.54, 1.807) is 10.9 Å². The van der Waals surface area contributed by atoms with Crippen LogP contribution in [-0.4, -0.2) is 36.9 Å². The monoisotopic (exact) mass is 330 g/mol. The van der Waals surface area contributed by atoms with Gasteiger partial charge in [-0.25, -0.2) is 9.97 Å². The van der Waals surface area contributed by atoms with Crippen molar-refractivity contribution in [2.45, 2.75) is 42.7 Å².